The number of rotatable bonds is 8. The first-order valence-electron chi connectivity index (χ1n) is 10.6. The molecule has 30 heavy (non-hydrogen) atoms. The van der Waals surface area contributed by atoms with Crippen LogP contribution in [0.25, 0.3) is 0 Å². The van der Waals surface area contributed by atoms with Gasteiger partial charge in [-0.05, 0) is 50.0 Å². The van der Waals surface area contributed by atoms with Gasteiger partial charge >= 0.3 is 0 Å². The van der Waals surface area contributed by atoms with Gasteiger partial charge in [-0.3, -0.25) is 14.8 Å². The van der Waals surface area contributed by atoms with E-state index in [0.29, 0.717) is 23.1 Å². The van der Waals surface area contributed by atoms with Crippen LogP contribution in [0, 0.1) is 0 Å². The summed E-state index contributed by atoms with van der Waals surface area (Å²) in [5.41, 5.74) is 1.21. The first kappa shape index (κ1) is 20.7. The molecule has 0 bridgehead atoms. The normalized spacial score (nSPS) is 25.8. The maximum atomic E-state index is 15.5. The topological polar surface area (TPSA) is 69.6 Å². The molecule has 5 nitrogen and oxygen atoms in total. The first-order chi connectivity index (χ1) is 14.6. The third-order valence-electron chi connectivity index (χ3n) is 6.41. The molecule has 0 spiro atoms. The Hall–Kier alpha value is -2.57. The van der Waals surface area contributed by atoms with Gasteiger partial charge in [0.15, 0.2) is 5.78 Å². The van der Waals surface area contributed by atoms with E-state index in [1.54, 1.807) is 48.5 Å². The monoisotopic (exact) mass is 410 g/mol. The van der Waals surface area contributed by atoms with Crippen LogP contribution in [-0.4, -0.2) is 47.1 Å². The van der Waals surface area contributed by atoms with Crippen LogP contribution in [0.1, 0.15) is 59.0 Å². The molecular formula is C24H27FN2O3. The Morgan fingerprint density at radius 3 is 2.20 bits per heavy atom. The number of hydrogen-bond acceptors (Lipinski definition) is 4. The second-order valence-electron chi connectivity index (χ2n) is 8.27. The lowest BCUT2D eigenvalue weighted by Gasteiger charge is -2.13. The maximum Gasteiger partial charge on any atom is 0.282 e. The largest absolute Gasteiger partial charge is 0.303 e. The van der Waals surface area contributed by atoms with Crippen LogP contribution in [0.4, 0.5) is 4.39 Å². The minimum atomic E-state index is -2.21. The fourth-order valence-electron chi connectivity index (χ4n) is 4.75. The quantitative estimate of drug-likeness (QED) is 0.394. The minimum absolute atomic E-state index is 0.0794. The molecule has 6 heteroatoms. The molecule has 3 atom stereocenters. The molecule has 1 aliphatic carbocycles. The zero-order chi connectivity index (χ0) is 21.1. The number of benzene rings is 2. The summed E-state index contributed by atoms with van der Waals surface area (Å²) in [6.45, 7) is 3.20. The van der Waals surface area contributed by atoms with Crippen molar-refractivity contribution in [2.45, 2.75) is 43.2 Å². The summed E-state index contributed by atoms with van der Waals surface area (Å²) in [5.74, 6) is -2.33. The molecule has 1 heterocycles. The number of hydrogen-bond donors (Lipinski definition) is 2. The van der Waals surface area contributed by atoms with E-state index in [0.717, 1.165) is 26.1 Å². The average molecular weight is 410 g/mol. The van der Waals surface area contributed by atoms with Gasteiger partial charge in [0, 0.05) is 23.8 Å². The molecule has 1 amide bonds. The molecule has 2 aliphatic rings. The zero-order valence-corrected chi connectivity index (χ0v) is 16.9. The minimum Gasteiger partial charge on any atom is -0.303 e. The van der Waals surface area contributed by atoms with Crippen LogP contribution in [0.15, 0.2) is 54.6 Å². The van der Waals surface area contributed by atoms with Crippen LogP contribution in [-0.2, 0) is 4.79 Å². The molecule has 1 saturated heterocycles. The van der Waals surface area contributed by atoms with Crippen molar-refractivity contribution in [1.82, 2.24) is 10.4 Å². The van der Waals surface area contributed by atoms with Gasteiger partial charge in [-0.25, -0.2) is 9.87 Å². The molecule has 1 saturated carbocycles. The van der Waals surface area contributed by atoms with Crippen LogP contribution < -0.4 is 5.48 Å². The van der Waals surface area contributed by atoms with E-state index in [-0.39, 0.29) is 5.78 Å². The van der Waals surface area contributed by atoms with Gasteiger partial charge in [0.05, 0.1) is 0 Å². The lowest BCUT2D eigenvalue weighted by atomic mass is 10.0. The number of alkyl halides is 1. The average Bonchev–Trinajstić information content (AvgIpc) is 3.11. The van der Waals surface area contributed by atoms with Gasteiger partial charge < -0.3 is 4.90 Å². The summed E-state index contributed by atoms with van der Waals surface area (Å²) in [6.07, 6.45) is 3.81. The van der Waals surface area contributed by atoms with Crippen molar-refractivity contribution in [2.75, 3.05) is 19.6 Å². The fourth-order valence-corrected chi connectivity index (χ4v) is 4.75. The number of amides is 1. The Balaban J connectivity index is 1.44. The van der Waals surface area contributed by atoms with Crippen molar-refractivity contribution < 1.29 is 19.2 Å². The van der Waals surface area contributed by atoms with E-state index >= 15 is 4.39 Å². The number of carbonyl (C=O) groups is 2. The van der Waals surface area contributed by atoms with E-state index in [1.807, 2.05) is 6.07 Å². The lowest BCUT2D eigenvalue weighted by Crippen LogP contribution is -2.33. The number of nitrogens with zero attached hydrogens (tertiary/aromatic N) is 1. The van der Waals surface area contributed by atoms with Gasteiger partial charge in [0.2, 0.25) is 5.67 Å². The molecule has 158 valence electrons. The summed E-state index contributed by atoms with van der Waals surface area (Å²) in [5, 5.41) is 9.03. The van der Waals surface area contributed by atoms with E-state index < -0.39 is 23.4 Å². The fraction of sp³-hybridized carbons (Fsp3) is 0.417. The maximum absolute atomic E-state index is 15.5. The molecule has 2 fully saturated rings. The van der Waals surface area contributed by atoms with Crippen molar-refractivity contribution >= 4 is 11.7 Å². The number of nitrogens with one attached hydrogen (secondary N) is 1. The summed E-state index contributed by atoms with van der Waals surface area (Å²) in [6, 6.07) is 15.9. The number of Topliss-reactive ketones (excluding diaryl/α,β-unsaturated/α-hetero) is 1. The molecule has 0 unspecified atom stereocenters. The van der Waals surface area contributed by atoms with Crippen LogP contribution in [0.3, 0.4) is 0 Å². The molecule has 0 aromatic heterocycles. The number of hydroxylamine groups is 1. The van der Waals surface area contributed by atoms with E-state index in [4.69, 9.17) is 5.21 Å². The molecule has 4 rings (SSSR count). The third kappa shape index (κ3) is 3.89. The second kappa shape index (κ2) is 8.66. The molecule has 0 radical (unpaired) electrons. The number of halogens is 1. The van der Waals surface area contributed by atoms with Gasteiger partial charge in [-0.15, -0.1) is 0 Å². The van der Waals surface area contributed by atoms with Crippen LogP contribution in [0.5, 0.6) is 0 Å². The second-order valence-corrected chi connectivity index (χ2v) is 8.27. The third-order valence-corrected chi connectivity index (χ3v) is 6.41. The number of carbonyl (C=O) groups excluding carboxylic acids is 2. The molecule has 2 aromatic rings. The zero-order valence-electron chi connectivity index (χ0n) is 16.9. The smallest absolute Gasteiger partial charge is 0.282 e. The predicted octanol–water partition coefficient (Wildman–Crippen LogP) is 3.84. The van der Waals surface area contributed by atoms with Crippen molar-refractivity contribution in [3.05, 3.63) is 71.3 Å². The van der Waals surface area contributed by atoms with Gasteiger partial charge in [-0.1, -0.05) is 54.6 Å². The highest BCUT2D eigenvalue weighted by atomic mass is 19.1. The number of likely N-dealkylation sites (tertiary alicyclic amines) is 1. The summed E-state index contributed by atoms with van der Waals surface area (Å²) in [4.78, 5) is 27.0. The van der Waals surface area contributed by atoms with Crippen molar-refractivity contribution in [3.63, 3.8) is 0 Å². The molecule has 2 aromatic carbocycles. The Morgan fingerprint density at radius 1 is 1.00 bits per heavy atom. The van der Waals surface area contributed by atoms with E-state index in [1.165, 1.54) is 18.3 Å². The van der Waals surface area contributed by atoms with Crippen LogP contribution in [0.2, 0.25) is 0 Å². The lowest BCUT2D eigenvalue weighted by molar-refractivity contribution is -0.136. The first-order valence-corrected chi connectivity index (χ1v) is 10.6. The van der Waals surface area contributed by atoms with Crippen LogP contribution >= 0.6 is 0 Å². The summed E-state index contributed by atoms with van der Waals surface area (Å²) < 4.78 is 15.5. The summed E-state index contributed by atoms with van der Waals surface area (Å²) in [7, 11) is 0. The highest BCUT2D eigenvalue weighted by molar-refractivity contribution is 5.96. The van der Waals surface area contributed by atoms with Crippen molar-refractivity contribution in [3.8, 4) is 0 Å². The Labute approximate surface area is 175 Å². The van der Waals surface area contributed by atoms with Gasteiger partial charge in [0.25, 0.3) is 5.91 Å². The van der Waals surface area contributed by atoms with Crippen molar-refractivity contribution in [2.24, 2.45) is 0 Å². The van der Waals surface area contributed by atoms with E-state index in [9.17, 15) is 9.59 Å². The van der Waals surface area contributed by atoms with Gasteiger partial charge in [-0.2, -0.15) is 0 Å². The SMILES string of the molecule is O=C(CCCN1CCCC1)c1ccc([C@@H]2[C@@H](c3ccccc3)[C@@]2(F)C(=O)NO)cc1. The standard InChI is InChI=1S/C24H27FN2O3/c25-24(23(29)26-30)21(18-7-2-1-3-8-18)22(24)19-12-10-17(11-13-19)20(28)9-6-16-27-14-4-5-15-27/h1-3,7-8,10-13,21-22,30H,4-6,9,14-16H2,(H,26,29)/t21-,22-,24+/m1/s1. The molecular weight excluding hydrogens is 383 g/mol. The Bertz CT molecular complexity index is 896. The highest BCUT2D eigenvalue weighted by Gasteiger charge is 2.72. The molecule has 2 N–H and O–H groups in total. The Kier molecular flexibility index (Phi) is 5.97. The number of ketones is 1. The van der Waals surface area contributed by atoms with E-state index in [2.05, 4.69) is 4.90 Å². The summed E-state index contributed by atoms with van der Waals surface area (Å²) >= 11 is 0. The predicted molar refractivity (Wildman–Crippen MR) is 111 cm³/mol. The van der Waals surface area contributed by atoms with Crippen molar-refractivity contribution in [1.29, 1.82) is 0 Å². The molecule has 1 aliphatic heterocycles. The highest BCUT2D eigenvalue weighted by Crippen LogP contribution is 2.66. The Morgan fingerprint density at radius 2 is 1.60 bits per heavy atom. The van der Waals surface area contributed by atoms with Gasteiger partial charge in [0.1, 0.15) is 0 Å².